The van der Waals surface area contributed by atoms with Crippen LogP contribution in [0.4, 0.5) is 0 Å². The molecule has 1 saturated heterocycles. The van der Waals surface area contributed by atoms with Crippen molar-refractivity contribution in [2.24, 2.45) is 0 Å². The minimum absolute atomic E-state index is 0.153. The molecular weight excluding hydrogens is 446 g/mol. The number of hydrogen-bond donors (Lipinski definition) is 0. The van der Waals surface area contributed by atoms with E-state index in [1.807, 2.05) is 48.5 Å². The zero-order chi connectivity index (χ0) is 23.5. The molecule has 0 amide bonds. The molecule has 3 aromatic carbocycles. The highest BCUT2D eigenvalue weighted by Crippen LogP contribution is 2.44. The number of ketones is 1. The predicted molar refractivity (Wildman–Crippen MR) is 135 cm³/mol. The molecule has 0 aromatic heterocycles. The summed E-state index contributed by atoms with van der Waals surface area (Å²) in [4.78, 5) is 17.3. The zero-order valence-corrected chi connectivity index (χ0v) is 20.0. The van der Waals surface area contributed by atoms with Gasteiger partial charge in [-0.05, 0) is 74.0 Å². The Kier molecular flexibility index (Phi) is 6.61. The fourth-order valence-corrected chi connectivity index (χ4v) is 6.08. The Hall–Kier alpha value is -3.22. The predicted octanol–water partition coefficient (Wildman–Crippen LogP) is 5.04. The van der Waals surface area contributed by atoms with E-state index in [1.54, 1.807) is 31.4 Å². The fraction of sp³-hybridized carbons (Fsp3) is 0.250. The van der Waals surface area contributed by atoms with Crippen molar-refractivity contribution < 1.29 is 18.5 Å². The van der Waals surface area contributed by atoms with E-state index in [-0.39, 0.29) is 5.78 Å². The van der Waals surface area contributed by atoms with Crippen LogP contribution >= 0.6 is 0 Å². The third-order valence-electron chi connectivity index (χ3n) is 6.32. The molecule has 3 aromatic rings. The van der Waals surface area contributed by atoms with Crippen LogP contribution in [0.2, 0.25) is 0 Å². The van der Waals surface area contributed by atoms with Gasteiger partial charge >= 0.3 is 0 Å². The number of nitrogens with zero attached hydrogens (tertiary/aromatic N) is 1. The van der Waals surface area contributed by atoms with Crippen molar-refractivity contribution in [1.82, 2.24) is 4.90 Å². The Bertz CT molecular complexity index is 1250. The summed E-state index contributed by atoms with van der Waals surface area (Å²) in [7, 11) is 0.0918. The quantitative estimate of drug-likeness (QED) is 0.429. The molecule has 2 aliphatic rings. The van der Waals surface area contributed by atoms with Crippen molar-refractivity contribution in [2.75, 3.05) is 33.4 Å². The summed E-state index contributed by atoms with van der Waals surface area (Å²) in [5, 5.41) is 0. The highest BCUT2D eigenvalue weighted by molar-refractivity contribution is 7.95. The maximum absolute atomic E-state index is 13.7. The third kappa shape index (κ3) is 4.43. The van der Waals surface area contributed by atoms with Crippen LogP contribution in [-0.4, -0.2) is 48.2 Å². The summed E-state index contributed by atoms with van der Waals surface area (Å²) in [6, 6.07) is 22.1. The van der Waals surface area contributed by atoms with Gasteiger partial charge in [0.05, 0.1) is 27.7 Å². The molecule has 6 heteroatoms. The summed E-state index contributed by atoms with van der Waals surface area (Å²) < 4.78 is 24.7. The SMILES string of the molecule is COc1ccc2c(c1)S(=O)C(c1ccccc1)=C2C(=O)c1ccc(OCCN2CCCC2)cc1. The second-order valence-corrected chi connectivity index (χ2v) is 9.84. The number of methoxy groups -OCH3 is 1. The van der Waals surface area contributed by atoms with E-state index in [9.17, 15) is 9.00 Å². The van der Waals surface area contributed by atoms with Crippen LogP contribution in [0.25, 0.3) is 10.5 Å². The molecule has 0 N–H and O–H groups in total. The number of carbonyl (C=O) groups excluding carboxylic acids is 1. The largest absolute Gasteiger partial charge is 0.497 e. The first-order valence-corrected chi connectivity index (χ1v) is 12.7. The maximum atomic E-state index is 13.7. The molecule has 0 saturated carbocycles. The molecule has 0 aliphatic carbocycles. The first-order chi connectivity index (χ1) is 16.7. The van der Waals surface area contributed by atoms with Crippen LogP contribution in [0.1, 0.15) is 34.3 Å². The Labute approximate surface area is 202 Å². The average molecular weight is 474 g/mol. The normalized spacial score (nSPS) is 17.6. The van der Waals surface area contributed by atoms with Gasteiger partial charge in [0.25, 0.3) is 0 Å². The molecule has 0 bridgehead atoms. The zero-order valence-electron chi connectivity index (χ0n) is 19.2. The minimum Gasteiger partial charge on any atom is -0.497 e. The van der Waals surface area contributed by atoms with Crippen molar-refractivity contribution >= 4 is 27.1 Å². The first-order valence-electron chi connectivity index (χ1n) is 11.6. The Balaban J connectivity index is 1.43. The van der Waals surface area contributed by atoms with Crippen LogP contribution in [0.5, 0.6) is 11.5 Å². The van der Waals surface area contributed by atoms with E-state index in [0.29, 0.717) is 38.9 Å². The van der Waals surface area contributed by atoms with Crippen LogP contribution in [-0.2, 0) is 10.8 Å². The van der Waals surface area contributed by atoms with Gasteiger partial charge in [-0.2, -0.15) is 0 Å². The van der Waals surface area contributed by atoms with Crippen molar-refractivity contribution in [3.05, 3.63) is 89.5 Å². The topological polar surface area (TPSA) is 55.8 Å². The molecule has 2 aliphatic heterocycles. The van der Waals surface area contributed by atoms with Gasteiger partial charge in [0.15, 0.2) is 5.78 Å². The molecule has 5 nitrogen and oxygen atoms in total. The van der Waals surface area contributed by atoms with Gasteiger partial charge in [-0.15, -0.1) is 0 Å². The molecule has 174 valence electrons. The monoisotopic (exact) mass is 473 g/mol. The van der Waals surface area contributed by atoms with Gasteiger partial charge in [-0.3, -0.25) is 9.69 Å². The summed E-state index contributed by atoms with van der Waals surface area (Å²) in [5.41, 5.74) is 2.48. The number of carbonyl (C=O) groups is 1. The second kappa shape index (κ2) is 9.95. The number of likely N-dealkylation sites (tertiary alicyclic amines) is 1. The van der Waals surface area contributed by atoms with Crippen LogP contribution < -0.4 is 9.47 Å². The lowest BCUT2D eigenvalue weighted by Crippen LogP contribution is -2.25. The standard InChI is InChI=1S/C28H27NO4S/c1-32-23-13-14-24-25(19-23)34(31)28(21-7-3-2-4-8-21)26(24)27(30)20-9-11-22(12-10-20)33-18-17-29-15-5-6-16-29/h2-4,7-14,19H,5-6,15-18H2,1H3. The van der Waals surface area contributed by atoms with Crippen LogP contribution in [0, 0.1) is 0 Å². The number of hydrogen-bond acceptors (Lipinski definition) is 5. The molecular formula is C28H27NO4S. The number of ether oxygens (including phenoxy) is 2. The van der Waals surface area contributed by atoms with Crippen LogP contribution in [0.3, 0.4) is 0 Å². The van der Waals surface area contributed by atoms with Gasteiger partial charge in [0.1, 0.15) is 18.1 Å². The number of fused-ring (bicyclic) bond motifs is 1. The van der Waals surface area contributed by atoms with Gasteiger partial charge in [0.2, 0.25) is 0 Å². The number of allylic oxidation sites excluding steroid dienone is 1. The van der Waals surface area contributed by atoms with E-state index in [1.165, 1.54) is 12.8 Å². The first kappa shape index (κ1) is 22.6. The molecule has 1 unspecified atom stereocenters. The lowest BCUT2D eigenvalue weighted by atomic mass is 9.94. The van der Waals surface area contributed by atoms with E-state index in [4.69, 9.17) is 9.47 Å². The summed E-state index contributed by atoms with van der Waals surface area (Å²) in [5.74, 6) is 1.21. The fourth-order valence-electron chi connectivity index (χ4n) is 4.53. The Morgan fingerprint density at radius 3 is 2.35 bits per heavy atom. The van der Waals surface area contributed by atoms with E-state index in [2.05, 4.69) is 4.90 Å². The minimum atomic E-state index is -1.48. The van der Waals surface area contributed by atoms with E-state index < -0.39 is 10.8 Å². The summed E-state index contributed by atoms with van der Waals surface area (Å²) in [6.45, 7) is 3.83. The highest BCUT2D eigenvalue weighted by Gasteiger charge is 2.34. The molecule has 34 heavy (non-hydrogen) atoms. The number of benzene rings is 3. The van der Waals surface area contributed by atoms with E-state index in [0.717, 1.165) is 30.9 Å². The summed E-state index contributed by atoms with van der Waals surface area (Å²) >= 11 is 0. The average Bonchev–Trinajstić information content (AvgIpc) is 3.50. The molecule has 1 fully saturated rings. The van der Waals surface area contributed by atoms with Crippen molar-refractivity contribution in [2.45, 2.75) is 17.7 Å². The number of Topliss-reactive ketones (excluding diaryl/α,β-unsaturated/α-hetero) is 1. The van der Waals surface area contributed by atoms with Crippen LogP contribution in [0.15, 0.2) is 77.7 Å². The molecule has 0 radical (unpaired) electrons. The lowest BCUT2D eigenvalue weighted by Gasteiger charge is -2.15. The van der Waals surface area contributed by atoms with Gasteiger partial charge in [-0.1, -0.05) is 30.3 Å². The molecule has 5 rings (SSSR count). The van der Waals surface area contributed by atoms with E-state index >= 15 is 0 Å². The molecule has 0 spiro atoms. The van der Waals surface area contributed by atoms with Gasteiger partial charge in [-0.25, -0.2) is 4.21 Å². The summed E-state index contributed by atoms with van der Waals surface area (Å²) in [6.07, 6.45) is 2.52. The Morgan fingerprint density at radius 1 is 0.941 bits per heavy atom. The third-order valence-corrected chi connectivity index (χ3v) is 7.87. The Morgan fingerprint density at radius 2 is 1.65 bits per heavy atom. The molecule has 1 atom stereocenters. The second-order valence-electron chi connectivity index (χ2n) is 8.45. The van der Waals surface area contributed by atoms with Crippen molar-refractivity contribution in [1.29, 1.82) is 0 Å². The van der Waals surface area contributed by atoms with Gasteiger partial charge in [0, 0.05) is 23.2 Å². The lowest BCUT2D eigenvalue weighted by molar-refractivity contribution is 0.105. The smallest absolute Gasteiger partial charge is 0.194 e. The van der Waals surface area contributed by atoms with Crippen molar-refractivity contribution in [3.63, 3.8) is 0 Å². The van der Waals surface area contributed by atoms with Gasteiger partial charge < -0.3 is 9.47 Å². The number of rotatable bonds is 8. The highest BCUT2D eigenvalue weighted by atomic mass is 32.2. The molecule has 2 heterocycles. The maximum Gasteiger partial charge on any atom is 0.194 e. The van der Waals surface area contributed by atoms with Crippen molar-refractivity contribution in [3.8, 4) is 11.5 Å².